The van der Waals surface area contributed by atoms with Crippen LogP contribution in [0.5, 0.6) is 5.75 Å². The predicted octanol–water partition coefficient (Wildman–Crippen LogP) is 5.28. The first-order valence-corrected chi connectivity index (χ1v) is 11.8. The molecule has 0 aromatic heterocycles. The van der Waals surface area contributed by atoms with Crippen LogP contribution >= 0.6 is 0 Å². The van der Waals surface area contributed by atoms with Gasteiger partial charge in [-0.25, -0.2) is 9.59 Å². The highest BCUT2D eigenvalue weighted by Gasteiger charge is 2.36. The van der Waals surface area contributed by atoms with E-state index < -0.39 is 11.6 Å². The van der Waals surface area contributed by atoms with E-state index in [-0.39, 0.29) is 12.1 Å². The molecule has 1 aliphatic heterocycles. The van der Waals surface area contributed by atoms with E-state index in [9.17, 15) is 14.7 Å². The van der Waals surface area contributed by atoms with Crippen molar-refractivity contribution in [3.63, 3.8) is 0 Å². The Morgan fingerprint density at radius 2 is 1.73 bits per heavy atom. The van der Waals surface area contributed by atoms with Crippen molar-refractivity contribution in [2.75, 3.05) is 13.1 Å². The molecule has 6 heteroatoms. The third-order valence-electron chi connectivity index (χ3n) is 6.16. The third-order valence-corrected chi connectivity index (χ3v) is 6.16. The molecule has 6 nitrogen and oxygen atoms in total. The Hall–Kier alpha value is -3.02. The van der Waals surface area contributed by atoms with Crippen molar-refractivity contribution in [2.45, 2.75) is 71.6 Å². The molecule has 1 heterocycles. The lowest BCUT2D eigenvalue weighted by atomic mass is 10.0. The Balaban J connectivity index is 1.54. The van der Waals surface area contributed by atoms with Crippen molar-refractivity contribution in [3.05, 3.63) is 65.2 Å². The maximum Gasteiger partial charge on any atom is 0.347 e. The van der Waals surface area contributed by atoms with Crippen LogP contribution in [0.4, 0.5) is 4.79 Å². The molecule has 1 N–H and O–H groups in total. The molecule has 0 bridgehead atoms. The second-order valence-corrected chi connectivity index (χ2v) is 9.45. The Morgan fingerprint density at radius 1 is 1.09 bits per heavy atom. The molecule has 1 atom stereocenters. The minimum absolute atomic E-state index is 0.143. The molecule has 0 spiro atoms. The van der Waals surface area contributed by atoms with Crippen LogP contribution in [0.15, 0.2) is 48.5 Å². The largest absolute Gasteiger partial charge is 0.478 e. The Morgan fingerprint density at radius 3 is 2.33 bits per heavy atom. The number of carbonyl (C=O) groups is 2. The summed E-state index contributed by atoms with van der Waals surface area (Å²) in [5.74, 6) is -0.445. The highest BCUT2D eigenvalue weighted by molar-refractivity contribution is 5.77. The van der Waals surface area contributed by atoms with Crippen LogP contribution < -0.4 is 4.74 Å². The Kier molecular flexibility index (Phi) is 8.01. The average Bonchev–Trinajstić information content (AvgIpc) is 3.05. The smallest absolute Gasteiger partial charge is 0.347 e. The van der Waals surface area contributed by atoms with E-state index >= 15 is 0 Å². The van der Waals surface area contributed by atoms with E-state index in [1.807, 2.05) is 34.1 Å². The van der Waals surface area contributed by atoms with Gasteiger partial charge in [0, 0.05) is 19.6 Å². The first-order chi connectivity index (χ1) is 15.7. The summed E-state index contributed by atoms with van der Waals surface area (Å²) in [4.78, 5) is 28.3. The predicted molar refractivity (Wildman–Crippen MR) is 129 cm³/mol. The molecule has 2 amide bonds. The average molecular weight is 453 g/mol. The van der Waals surface area contributed by atoms with Gasteiger partial charge in [0.15, 0.2) is 5.60 Å². The van der Waals surface area contributed by atoms with Gasteiger partial charge in [-0.1, -0.05) is 48.9 Å². The van der Waals surface area contributed by atoms with Crippen LogP contribution in [-0.4, -0.2) is 51.6 Å². The standard InChI is InChI=1S/C27H36N2O4/c1-5-17-29-23(19-28(26(29)32)18-22-11-9-20(2)10-12-22)8-6-7-21-13-15-24(16-14-21)33-27(3,4)25(30)31/h9-16,23H,5-8,17-19H2,1-4H3,(H,30,31). The number of carbonyl (C=O) groups excluding carboxylic acids is 1. The fourth-order valence-corrected chi connectivity index (χ4v) is 4.19. The van der Waals surface area contributed by atoms with Gasteiger partial charge < -0.3 is 19.6 Å². The highest BCUT2D eigenvalue weighted by Crippen LogP contribution is 2.24. The minimum atomic E-state index is -1.26. The fraction of sp³-hybridized carbons (Fsp3) is 0.481. The molecule has 1 saturated heterocycles. The minimum Gasteiger partial charge on any atom is -0.478 e. The number of aliphatic carboxylic acids is 1. The summed E-state index contributed by atoms with van der Waals surface area (Å²) < 4.78 is 5.57. The van der Waals surface area contributed by atoms with Crippen molar-refractivity contribution in [2.24, 2.45) is 0 Å². The zero-order valence-corrected chi connectivity index (χ0v) is 20.2. The summed E-state index contributed by atoms with van der Waals surface area (Å²) in [5.41, 5.74) is 2.31. The molecule has 3 rings (SSSR count). The molecule has 1 unspecified atom stereocenters. The van der Waals surface area contributed by atoms with Gasteiger partial charge in [-0.05, 0) is 69.7 Å². The lowest BCUT2D eigenvalue weighted by Gasteiger charge is -2.23. The van der Waals surface area contributed by atoms with Gasteiger partial charge in [0.05, 0.1) is 6.04 Å². The van der Waals surface area contributed by atoms with Crippen molar-refractivity contribution in [1.82, 2.24) is 9.80 Å². The van der Waals surface area contributed by atoms with Crippen molar-refractivity contribution >= 4 is 12.0 Å². The number of hydrogen-bond donors (Lipinski definition) is 1. The SMILES string of the molecule is CCCN1C(=O)N(Cc2ccc(C)cc2)CC1CCCc1ccc(OC(C)(C)C(=O)O)cc1. The molecule has 2 aromatic rings. The maximum atomic E-state index is 13.0. The van der Waals surface area contributed by atoms with Crippen molar-refractivity contribution in [3.8, 4) is 5.75 Å². The van der Waals surface area contributed by atoms with Gasteiger partial charge >= 0.3 is 12.0 Å². The number of ether oxygens (including phenoxy) is 1. The quantitative estimate of drug-likeness (QED) is 0.504. The summed E-state index contributed by atoms with van der Waals surface area (Å²) in [6.45, 7) is 9.48. The lowest BCUT2D eigenvalue weighted by molar-refractivity contribution is -0.152. The summed E-state index contributed by atoms with van der Waals surface area (Å²) >= 11 is 0. The Bertz CT molecular complexity index is 938. The molecule has 0 aliphatic carbocycles. The van der Waals surface area contributed by atoms with Crippen LogP contribution in [0.2, 0.25) is 0 Å². The lowest BCUT2D eigenvalue weighted by Crippen LogP contribution is -2.37. The number of benzene rings is 2. The number of hydrogen-bond acceptors (Lipinski definition) is 3. The number of carboxylic acids is 1. The van der Waals surface area contributed by atoms with Gasteiger partial charge in [0.25, 0.3) is 0 Å². The molecule has 0 saturated carbocycles. The molecule has 33 heavy (non-hydrogen) atoms. The molecule has 1 aliphatic rings. The number of aryl methyl sites for hydroxylation is 2. The van der Waals surface area contributed by atoms with Crippen molar-refractivity contribution in [1.29, 1.82) is 0 Å². The summed E-state index contributed by atoms with van der Waals surface area (Å²) in [6.07, 6.45) is 3.80. The van der Waals surface area contributed by atoms with Gasteiger partial charge in [0.2, 0.25) is 0 Å². The zero-order valence-electron chi connectivity index (χ0n) is 20.2. The van der Waals surface area contributed by atoms with Crippen LogP contribution in [0.1, 0.15) is 56.7 Å². The van der Waals surface area contributed by atoms with Crippen molar-refractivity contribution < 1.29 is 19.4 Å². The molecule has 2 aromatic carbocycles. The molecular formula is C27H36N2O4. The molecule has 1 fully saturated rings. The zero-order chi connectivity index (χ0) is 24.0. The monoisotopic (exact) mass is 452 g/mol. The number of urea groups is 1. The van der Waals surface area contributed by atoms with Gasteiger partial charge in [-0.2, -0.15) is 0 Å². The van der Waals surface area contributed by atoms with E-state index in [0.717, 1.165) is 38.8 Å². The van der Waals surface area contributed by atoms with Crippen LogP contribution in [0.3, 0.4) is 0 Å². The second-order valence-electron chi connectivity index (χ2n) is 9.45. The first-order valence-electron chi connectivity index (χ1n) is 11.8. The fourth-order valence-electron chi connectivity index (χ4n) is 4.19. The maximum absolute atomic E-state index is 13.0. The molecule has 0 radical (unpaired) electrons. The van der Waals surface area contributed by atoms with Gasteiger partial charge in [0.1, 0.15) is 5.75 Å². The van der Waals surface area contributed by atoms with Crippen LogP contribution in [0.25, 0.3) is 0 Å². The number of amides is 2. The number of rotatable bonds is 11. The summed E-state index contributed by atoms with van der Waals surface area (Å²) in [5, 5.41) is 9.21. The second kappa shape index (κ2) is 10.7. The van der Waals surface area contributed by atoms with Gasteiger partial charge in [-0.3, -0.25) is 0 Å². The Labute approximate surface area is 197 Å². The highest BCUT2D eigenvalue weighted by atomic mass is 16.5. The van der Waals surface area contributed by atoms with E-state index in [1.54, 1.807) is 0 Å². The number of nitrogens with zero attached hydrogens (tertiary/aromatic N) is 2. The normalized spacial score (nSPS) is 16.4. The van der Waals surface area contributed by atoms with E-state index in [1.165, 1.54) is 30.5 Å². The van der Waals surface area contributed by atoms with Crippen LogP contribution in [0, 0.1) is 6.92 Å². The van der Waals surface area contributed by atoms with Gasteiger partial charge in [-0.15, -0.1) is 0 Å². The van der Waals surface area contributed by atoms with E-state index in [0.29, 0.717) is 12.3 Å². The molecular weight excluding hydrogens is 416 g/mol. The topological polar surface area (TPSA) is 70.1 Å². The van der Waals surface area contributed by atoms with E-state index in [2.05, 4.69) is 38.1 Å². The first kappa shape index (κ1) is 24.6. The summed E-state index contributed by atoms with van der Waals surface area (Å²) in [7, 11) is 0. The number of carboxylic acid groups (broad SMARTS) is 1. The van der Waals surface area contributed by atoms with Crippen LogP contribution in [-0.2, 0) is 17.8 Å². The summed E-state index contributed by atoms with van der Waals surface area (Å²) in [6, 6.07) is 16.4. The van der Waals surface area contributed by atoms with E-state index in [4.69, 9.17) is 4.74 Å². The molecule has 178 valence electrons. The third kappa shape index (κ3) is 6.50.